The molecular formula is C11H15N3O2. The van der Waals surface area contributed by atoms with Crippen molar-refractivity contribution in [3.63, 3.8) is 0 Å². The number of nitrogens with zero attached hydrogens (tertiary/aromatic N) is 2. The average Bonchev–Trinajstić information content (AvgIpc) is 2.74. The Bertz CT molecular complexity index is 388. The zero-order chi connectivity index (χ0) is 12.0. The van der Waals surface area contributed by atoms with Crippen molar-refractivity contribution < 1.29 is 9.21 Å². The van der Waals surface area contributed by atoms with Gasteiger partial charge < -0.3 is 4.42 Å². The summed E-state index contributed by atoms with van der Waals surface area (Å²) in [6, 6.07) is 3.33. The van der Waals surface area contributed by atoms with Gasteiger partial charge in [-0.2, -0.15) is 5.26 Å². The number of nitrogens with one attached hydrogen (secondary N) is 1. The molecule has 0 fully saturated rings. The second kappa shape index (κ2) is 5.93. The van der Waals surface area contributed by atoms with E-state index < -0.39 is 5.91 Å². The van der Waals surface area contributed by atoms with E-state index in [0.717, 1.165) is 18.8 Å². The predicted octanol–water partition coefficient (Wildman–Crippen LogP) is 1.33. The molecule has 0 aliphatic carbocycles. The Morgan fingerprint density at radius 1 is 1.50 bits per heavy atom. The van der Waals surface area contributed by atoms with Crippen LogP contribution in [0.1, 0.15) is 30.2 Å². The van der Waals surface area contributed by atoms with E-state index in [9.17, 15) is 4.79 Å². The fraction of sp³-hybridized carbons (Fsp3) is 0.455. The largest absolute Gasteiger partial charge is 0.455 e. The van der Waals surface area contributed by atoms with Crippen molar-refractivity contribution in [3.05, 3.63) is 23.7 Å². The minimum atomic E-state index is -0.506. The predicted molar refractivity (Wildman–Crippen MR) is 58.4 cm³/mol. The number of amides is 1. The van der Waals surface area contributed by atoms with Crippen molar-refractivity contribution in [2.45, 2.75) is 20.4 Å². The number of carbonyl (C=O) groups is 1. The summed E-state index contributed by atoms with van der Waals surface area (Å²) in [5.74, 6) is 0.392. The Kier molecular flexibility index (Phi) is 4.55. The summed E-state index contributed by atoms with van der Waals surface area (Å²) >= 11 is 0. The molecule has 0 aliphatic rings. The van der Waals surface area contributed by atoms with Crippen LogP contribution in [0, 0.1) is 11.5 Å². The first-order chi connectivity index (χ1) is 7.71. The highest BCUT2D eigenvalue weighted by atomic mass is 16.4. The van der Waals surface area contributed by atoms with Gasteiger partial charge in [0.1, 0.15) is 5.76 Å². The molecule has 0 radical (unpaired) electrons. The monoisotopic (exact) mass is 221 g/mol. The van der Waals surface area contributed by atoms with E-state index in [1.54, 1.807) is 18.3 Å². The number of carbonyl (C=O) groups excluding carboxylic acids is 1. The summed E-state index contributed by atoms with van der Waals surface area (Å²) in [5, 5.41) is 10.3. The van der Waals surface area contributed by atoms with E-state index >= 15 is 0 Å². The van der Waals surface area contributed by atoms with Gasteiger partial charge in [0.2, 0.25) is 0 Å². The lowest BCUT2D eigenvalue weighted by Crippen LogP contribution is -2.21. The molecule has 1 N–H and O–H groups in total. The molecule has 0 aliphatic heterocycles. The lowest BCUT2D eigenvalue weighted by Gasteiger charge is -2.15. The van der Waals surface area contributed by atoms with Crippen LogP contribution in [0.2, 0.25) is 0 Å². The maximum absolute atomic E-state index is 11.2. The van der Waals surface area contributed by atoms with Gasteiger partial charge in [0, 0.05) is 0 Å². The molecule has 1 heterocycles. The van der Waals surface area contributed by atoms with Crippen LogP contribution < -0.4 is 5.32 Å². The lowest BCUT2D eigenvalue weighted by atomic mass is 10.4. The number of furan rings is 1. The van der Waals surface area contributed by atoms with Crippen LogP contribution in [0.4, 0.5) is 0 Å². The van der Waals surface area contributed by atoms with Gasteiger partial charge >= 0.3 is 0 Å². The molecule has 0 atom stereocenters. The molecule has 0 saturated carbocycles. The zero-order valence-corrected chi connectivity index (χ0v) is 9.49. The minimum absolute atomic E-state index is 0.170. The SMILES string of the molecule is CCN(CC)Cc1ccc(C(=O)NC#N)o1. The first-order valence-corrected chi connectivity index (χ1v) is 5.21. The van der Waals surface area contributed by atoms with Gasteiger partial charge in [0.05, 0.1) is 6.54 Å². The third kappa shape index (κ3) is 3.11. The van der Waals surface area contributed by atoms with Gasteiger partial charge in [-0.1, -0.05) is 13.8 Å². The molecule has 16 heavy (non-hydrogen) atoms. The van der Waals surface area contributed by atoms with Crippen molar-refractivity contribution in [1.82, 2.24) is 10.2 Å². The second-order valence-corrected chi connectivity index (χ2v) is 3.29. The Labute approximate surface area is 94.6 Å². The van der Waals surface area contributed by atoms with Crippen LogP contribution in [0.3, 0.4) is 0 Å². The molecule has 5 nitrogen and oxygen atoms in total. The van der Waals surface area contributed by atoms with Crippen molar-refractivity contribution >= 4 is 5.91 Å². The smallest absolute Gasteiger partial charge is 0.299 e. The zero-order valence-electron chi connectivity index (χ0n) is 9.49. The Morgan fingerprint density at radius 3 is 2.75 bits per heavy atom. The number of hydrogen-bond donors (Lipinski definition) is 1. The molecule has 1 aromatic heterocycles. The first kappa shape index (κ1) is 12.3. The Hall–Kier alpha value is -1.80. The molecule has 1 aromatic rings. The van der Waals surface area contributed by atoms with E-state index in [1.807, 2.05) is 5.32 Å². The summed E-state index contributed by atoms with van der Waals surface area (Å²) in [7, 11) is 0. The molecule has 0 saturated heterocycles. The summed E-state index contributed by atoms with van der Waals surface area (Å²) in [5.41, 5.74) is 0. The second-order valence-electron chi connectivity index (χ2n) is 3.29. The van der Waals surface area contributed by atoms with Crippen molar-refractivity contribution in [1.29, 1.82) is 5.26 Å². The van der Waals surface area contributed by atoms with E-state index in [-0.39, 0.29) is 5.76 Å². The summed E-state index contributed by atoms with van der Waals surface area (Å²) < 4.78 is 5.33. The third-order valence-corrected chi connectivity index (χ3v) is 2.33. The van der Waals surface area contributed by atoms with Gasteiger partial charge in [-0.05, 0) is 25.2 Å². The molecule has 1 rings (SSSR count). The number of hydrogen-bond acceptors (Lipinski definition) is 4. The number of nitriles is 1. The Morgan fingerprint density at radius 2 is 2.19 bits per heavy atom. The van der Waals surface area contributed by atoms with Gasteiger partial charge in [-0.15, -0.1) is 0 Å². The fourth-order valence-corrected chi connectivity index (χ4v) is 1.36. The van der Waals surface area contributed by atoms with E-state index in [4.69, 9.17) is 9.68 Å². The van der Waals surface area contributed by atoms with Crippen molar-refractivity contribution in [2.75, 3.05) is 13.1 Å². The fourth-order valence-electron chi connectivity index (χ4n) is 1.36. The molecular weight excluding hydrogens is 206 g/mol. The maximum Gasteiger partial charge on any atom is 0.299 e. The Balaban J connectivity index is 2.65. The summed E-state index contributed by atoms with van der Waals surface area (Å²) in [6.07, 6.45) is 1.57. The molecule has 1 amide bonds. The normalized spacial score (nSPS) is 10.1. The van der Waals surface area contributed by atoms with Crippen molar-refractivity contribution in [3.8, 4) is 6.19 Å². The lowest BCUT2D eigenvalue weighted by molar-refractivity contribution is 0.0942. The maximum atomic E-state index is 11.2. The topological polar surface area (TPSA) is 69.3 Å². The van der Waals surface area contributed by atoms with Gasteiger partial charge in [-0.25, -0.2) is 0 Å². The average molecular weight is 221 g/mol. The van der Waals surface area contributed by atoms with Crippen LogP contribution in [0.5, 0.6) is 0 Å². The van der Waals surface area contributed by atoms with Gasteiger partial charge in [0.25, 0.3) is 5.91 Å². The molecule has 0 aromatic carbocycles. The number of rotatable bonds is 5. The van der Waals surface area contributed by atoms with Crippen LogP contribution >= 0.6 is 0 Å². The van der Waals surface area contributed by atoms with Gasteiger partial charge in [-0.3, -0.25) is 15.0 Å². The standard InChI is InChI=1S/C11H15N3O2/c1-3-14(4-2)7-9-5-6-10(16-9)11(15)13-8-12/h5-6H,3-4,7H2,1-2H3,(H,13,15). The highest BCUT2D eigenvalue weighted by molar-refractivity contribution is 5.92. The molecule has 0 spiro atoms. The summed E-state index contributed by atoms with van der Waals surface area (Å²) in [6.45, 7) is 6.66. The molecule has 86 valence electrons. The minimum Gasteiger partial charge on any atom is -0.455 e. The van der Waals surface area contributed by atoms with Crippen LogP contribution in [-0.4, -0.2) is 23.9 Å². The van der Waals surface area contributed by atoms with Crippen LogP contribution in [-0.2, 0) is 6.54 Å². The highest BCUT2D eigenvalue weighted by Gasteiger charge is 2.11. The van der Waals surface area contributed by atoms with Crippen LogP contribution in [0.15, 0.2) is 16.5 Å². The summed E-state index contributed by atoms with van der Waals surface area (Å²) in [4.78, 5) is 13.4. The quantitative estimate of drug-likeness (QED) is 0.601. The highest BCUT2D eigenvalue weighted by Crippen LogP contribution is 2.10. The van der Waals surface area contributed by atoms with Crippen LogP contribution in [0.25, 0.3) is 0 Å². The van der Waals surface area contributed by atoms with Crippen molar-refractivity contribution in [2.24, 2.45) is 0 Å². The van der Waals surface area contributed by atoms with E-state index in [0.29, 0.717) is 6.54 Å². The third-order valence-electron chi connectivity index (χ3n) is 2.33. The molecule has 0 unspecified atom stereocenters. The first-order valence-electron chi connectivity index (χ1n) is 5.21. The van der Waals surface area contributed by atoms with Gasteiger partial charge in [0.15, 0.2) is 12.0 Å². The molecule has 0 bridgehead atoms. The molecule has 5 heteroatoms. The van der Waals surface area contributed by atoms with E-state index in [2.05, 4.69) is 18.7 Å². The van der Waals surface area contributed by atoms with E-state index in [1.165, 1.54) is 0 Å².